The molecule has 0 unspecified atom stereocenters. The second kappa shape index (κ2) is 7.66. The van der Waals surface area contributed by atoms with Crippen LogP contribution in [0.3, 0.4) is 0 Å². The Morgan fingerprint density at radius 1 is 1.14 bits per heavy atom. The monoisotopic (exact) mass is 316 g/mol. The summed E-state index contributed by atoms with van der Waals surface area (Å²) >= 11 is 5.45. The fourth-order valence-corrected chi connectivity index (χ4v) is 1.99. The Morgan fingerprint density at radius 3 is 2.50 bits per heavy atom. The van der Waals surface area contributed by atoms with Gasteiger partial charge < -0.3 is 9.47 Å². The van der Waals surface area contributed by atoms with Crippen molar-refractivity contribution in [2.75, 3.05) is 7.11 Å². The molecule has 0 amide bonds. The molecule has 114 valence electrons. The molecule has 3 nitrogen and oxygen atoms in total. The van der Waals surface area contributed by atoms with Gasteiger partial charge in [-0.05, 0) is 47.9 Å². The molecule has 0 saturated heterocycles. The fraction of sp³-hybridized carbons (Fsp3) is 0.167. The highest BCUT2D eigenvalue weighted by atomic mass is 35.5. The predicted octanol–water partition coefficient (Wildman–Crippen LogP) is 4.44. The van der Waals surface area contributed by atoms with Gasteiger partial charge in [0.05, 0.1) is 7.11 Å². The molecule has 0 bridgehead atoms. The topological polar surface area (TPSA) is 35.5 Å². The van der Waals surface area contributed by atoms with Crippen LogP contribution in [-0.4, -0.2) is 12.4 Å². The summed E-state index contributed by atoms with van der Waals surface area (Å²) < 4.78 is 11.1. The van der Waals surface area contributed by atoms with Gasteiger partial charge in [0.1, 0.15) is 6.61 Å². The molecule has 0 radical (unpaired) electrons. The molecule has 0 fully saturated rings. The Morgan fingerprint density at radius 2 is 1.86 bits per heavy atom. The highest BCUT2D eigenvalue weighted by Gasteiger charge is 2.07. The van der Waals surface area contributed by atoms with Gasteiger partial charge in [0.25, 0.3) is 0 Å². The summed E-state index contributed by atoms with van der Waals surface area (Å²) in [5, 5.41) is -0.470. The van der Waals surface area contributed by atoms with Crippen molar-refractivity contribution in [1.29, 1.82) is 0 Å². The Bertz CT molecular complexity index is 678. The Hall–Kier alpha value is -2.26. The zero-order valence-electron chi connectivity index (χ0n) is 12.5. The lowest BCUT2D eigenvalue weighted by Crippen LogP contribution is -1.98. The normalized spacial score (nSPS) is 11.1. The lowest BCUT2D eigenvalue weighted by molar-refractivity contribution is -0.108. The third-order valence-corrected chi connectivity index (χ3v) is 3.42. The average Bonchev–Trinajstić information content (AvgIpc) is 2.54. The summed E-state index contributed by atoms with van der Waals surface area (Å²) in [6.45, 7) is 2.11. The molecular weight excluding hydrogens is 300 g/mol. The summed E-state index contributed by atoms with van der Waals surface area (Å²) in [7, 11) is 1.59. The van der Waals surface area contributed by atoms with Crippen molar-refractivity contribution < 1.29 is 14.3 Å². The lowest BCUT2D eigenvalue weighted by Gasteiger charge is -2.11. The van der Waals surface area contributed by atoms with E-state index in [1.807, 2.05) is 42.5 Å². The van der Waals surface area contributed by atoms with Crippen LogP contribution in [0.4, 0.5) is 0 Å². The smallest absolute Gasteiger partial charge is 0.248 e. The Kier molecular flexibility index (Phi) is 5.61. The van der Waals surface area contributed by atoms with Crippen molar-refractivity contribution in [3.8, 4) is 11.5 Å². The molecule has 0 aliphatic heterocycles. The number of rotatable bonds is 6. The number of hydrogen-bond acceptors (Lipinski definition) is 3. The van der Waals surface area contributed by atoms with Gasteiger partial charge in [-0.2, -0.15) is 0 Å². The number of ether oxygens (including phenoxy) is 2. The highest BCUT2D eigenvalue weighted by molar-refractivity contribution is 6.68. The average molecular weight is 317 g/mol. The minimum atomic E-state index is -0.470. The molecule has 0 atom stereocenters. The van der Waals surface area contributed by atoms with Gasteiger partial charge in [0.15, 0.2) is 11.5 Å². The van der Waals surface area contributed by atoms with E-state index < -0.39 is 5.24 Å². The van der Waals surface area contributed by atoms with Crippen molar-refractivity contribution in [2.24, 2.45) is 0 Å². The van der Waals surface area contributed by atoms with E-state index >= 15 is 0 Å². The molecular formula is C18H17ClO3. The van der Waals surface area contributed by atoms with Crippen molar-refractivity contribution in [3.05, 3.63) is 65.2 Å². The minimum Gasteiger partial charge on any atom is -0.493 e. The van der Waals surface area contributed by atoms with Crippen LogP contribution in [-0.2, 0) is 11.4 Å². The van der Waals surface area contributed by atoms with E-state index in [9.17, 15) is 4.79 Å². The van der Waals surface area contributed by atoms with Gasteiger partial charge in [-0.3, -0.25) is 4.79 Å². The molecule has 2 rings (SSSR count). The highest BCUT2D eigenvalue weighted by Crippen LogP contribution is 2.29. The van der Waals surface area contributed by atoms with Crippen LogP contribution in [0, 0.1) is 0 Å². The van der Waals surface area contributed by atoms with Gasteiger partial charge in [-0.1, -0.05) is 36.4 Å². The van der Waals surface area contributed by atoms with E-state index in [1.54, 1.807) is 26.2 Å². The SMILES string of the molecule is COc1ccc(C=C(C)C(=O)Cl)cc1OCc1ccccc1. The Balaban J connectivity index is 2.21. The standard InChI is InChI=1S/C18H17ClO3/c1-13(18(19)20)10-15-8-9-16(21-2)17(11-15)22-12-14-6-4-3-5-7-14/h3-11H,12H2,1-2H3. The van der Waals surface area contributed by atoms with Gasteiger partial charge >= 0.3 is 0 Å². The number of carbonyl (C=O) groups is 1. The molecule has 0 spiro atoms. The number of methoxy groups -OCH3 is 1. The third kappa shape index (κ3) is 4.37. The third-order valence-electron chi connectivity index (χ3n) is 3.12. The maximum Gasteiger partial charge on any atom is 0.248 e. The second-order valence-electron chi connectivity index (χ2n) is 4.79. The van der Waals surface area contributed by atoms with Crippen LogP contribution in [0.5, 0.6) is 11.5 Å². The number of carbonyl (C=O) groups excluding carboxylic acids is 1. The lowest BCUT2D eigenvalue weighted by atomic mass is 10.1. The quantitative estimate of drug-likeness (QED) is 0.583. The van der Waals surface area contributed by atoms with E-state index in [-0.39, 0.29) is 0 Å². The number of allylic oxidation sites excluding steroid dienone is 1. The minimum absolute atomic E-state index is 0.442. The van der Waals surface area contributed by atoms with E-state index in [0.717, 1.165) is 11.1 Å². The van der Waals surface area contributed by atoms with Crippen molar-refractivity contribution in [2.45, 2.75) is 13.5 Å². The zero-order chi connectivity index (χ0) is 15.9. The van der Waals surface area contributed by atoms with Gasteiger partial charge in [-0.25, -0.2) is 0 Å². The van der Waals surface area contributed by atoms with Crippen LogP contribution in [0.1, 0.15) is 18.1 Å². The molecule has 2 aromatic carbocycles. The first-order chi connectivity index (χ1) is 10.6. The largest absolute Gasteiger partial charge is 0.493 e. The van der Waals surface area contributed by atoms with Crippen LogP contribution >= 0.6 is 11.6 Å². The van der Waals surface area contributed by atoms with Crippen LogP contribution in [0.2, 0.25) is 0 Å². The second-order valence-corrected chi connectivity index (χ2v) is 5.13. The number of benzene rings is 2. The summed E-state index contributed by atoms with van der Waals surface area (Å²) in [6, 6.07) is 15.3. The van der Waals surface area contributed by atoms with E-state index in [4.69, 9.17) is 21.1 Å². The molecule has 4 heteroatoms. The molecule has 0 N–H and O–H groups in total. The molecule has 0 saturated carbocycles. The number of hydrogen-bond donors (Lipinski definition) is 0. The van der Waals surface area contributed by atoms with Gasteiger partial charge in [-0.15, -0.1) is 0 Å². The van der Waals surface area contributed by atoms with E-state index in [0.29, 0.717) is 23.7 Å². The first-order valence-corrected chi connectivity index (χ1v) is 7.21. The van der Waals surface area contributed by atoms with Crippen molar-refractivity contribution in [1.82, 2.24) is 0 Å². The number of halogens is 1. The van der Waals surface area contributed by atoms with Crippen LogP contribution in [0.15, 0.2) is 54.1 Å². The maximum absolute atomic E-state index is 11.1. The molecule has 0 aromatic heterocycles. The summed E-state index contributed by atoms with van der Waals surface area (Å²) in [5.74, 6) is 1.26. The summed E-state index contributed by atoms with van der Waals surface area (Å²) in [4.78, 5) is 11.1. The molecule has 0 heterocycles. The summed E-state index contributed by atoms with van der Waals surface area (Å²) in [6.07, 6.45) is 1.71. The van der Waals surface area contributed by atoms with E-state index in [1.165, 1.54) is 0 Å². The zero-order valence-corrected chi connectivity index (χ0v) is 13.3. The maximum atomic E-state index is 11.1. The van der Waals surface area contributed by atoms with E-state index in [2.05, 4.69) is 0 Å². The van der Waals surface area contributed by atoms with Crippen molar-refractivity contribution >= 4 is 22.9 Å². The van der Waals surface area contributed by atoms with Gasteiger partial charge in [0.2, 0.25) is 5.24 Å². The van der Waals surface area contributed by atoms with Crippen LogP contribution < -0.4 is 9.47 Å². The molecule has 0 aliphatic carbocycles. The molecule has 2 aromatic rings. The predicted molar refractivity (Wildman–Crippen MR) is 88.3 cm³/mol. The van der Waals surface area contributed by atoms with Crippen molar-refractivity contribution in [3.63, 3.8) is 0 Å². The fourth-order valence-electron chi connectivity index (χ4n) is 1.94. The van der Waals surface area contributed by atoms with Crippen LogP contribution in [0.25, 0.3) is 6.08 Å². The first-order valence-electron chi connectivity index (χ1n) is 6.83. The van der Waals surface area contributed by atoms with Gasteiger partial charge in [0, 0.05) is 5.57 Å². The molecule has 0 aliphatic rings. The first kappa shape index (κ1) is 16.1. The Labute approximate surface area is 135 Å². The summed E-state index contributed by atoms with van der Waals surface area (Å²) in [5.41, 5.74) is 2.37. The molecule has 22 heavy (non-hydrogen) atoms.